The third-order valence-electron chi connectivity index (χ3n) is 3.71. The van der Waals surface area contributed by atoms with Crippen molar-refractivity contribution < 1.29 is 23.4 Å². The van der Waals surface area contributed by atoms with E-state index in [1.807, 2.05) is 0 Å². The molecule has 2 amide bonds. The van der Waals surface area contributed by atoms with E-state index >= 15 is 0 Å². The summed E-state index contributed by atoms with van der Waals surface area (Å²) < 4.78 is 31.7. The number of halogens is 2. The maximum Gasteiger partial charge on any atom is 0.315 e. The average molecular weight is 350 g/mol. The fourth-order valence-corrected chi connectivity index (χ4v) is 2.30. The molecule has 2 rings (SSSR count). The van der Waals surface area contributed by atoms with Crippen LogP contribution in [0.3, 0.4) is 0 Å². The molecular formula is C18H20F2N2O3. The summed E-state index contributed by atoms with van der Waals surface area (Å²) >= 11 is 0. The van der Waals surface area contributed by atoms with E-state index in [2.05, 4.69) is 10.6 Å². The average Bonchev–Trinajstić information content (AvgIpc) is 2.59. The molecule has 0 aliphatic heterocycles. The van der Waals surface area contributed by atoms with E-state index in [4.69, 9.17) is 4.74 Å². The number of ether oxygens (including phenoxy) is 1. The number of aliphatic hydroxyl groups is 1. The molecule has 0 aromatic heterocycles. The maximum atomic E-state index is 13.7. The van der Waals surface area contributed by atoms with Crippen molar-refractivity contribution in [1.29, 1.82) is 0 Å². The lowest BCUT2D eigenvalue weighted by molar-refractivity contribution is 0.172. The van der Waals surface area contributed by atoms with Gasteiger partial charge in [0.1, 0.15) is 5.82 Å². The van der Waals surface area contributed by atoms with Gasteiger partial charge in [0.15, 0.2) is 11.6 Å². The molecule has 0 saturated heterocycles. The number of benzene rings is 2. The Balaban J connectivity index is 1.88. The van der Waals surface area contributed by atoms with Crippen LogP contribution in [0.2, 0.25) is 0 Å². The Morgan fingerprint density at radius 2 is 1.96 bits per heavy atom. The lowest BCUT2D eigenvalue weighted by Gasteiger charge is -2.17. The highest BCUT2D eigenvalue weighted by Crippen LogP contribution is 2.21. The third kappa shape index (κ3) is 5.15. The van der Waals surface area contributed by atoms with Gasteiger partial charge in [-0.1, -0.05) is 18.2 Å². The summed E-state index contributed by atoms with van der Waals surface area (Å²) in [7, 11) is 1.37. The molecule has 2 atom stereocenters. The number of amides is 2. The molecule has 25 heavy (non-hydrogen) atoms. The summed E-state index contributed by atoms with van der Waals surface area (Å²) in [4.78, 5) is 11.9. The van der Waals surface area contributed by atoms with Gasteiger partial charge in [0, 0.05) is 6.54 Å². The molecular weight excluding hydrogens is 330 g/mol. The monoisotopic (exact) mass is 350 g/mol. The number of aliphatic hydroxyl groups excluding tert-OH is 1. The van der Waals surface area contributed by atoms with Crippen molar-refractivity contribution in [2.75, 3.05) is 13.7 Å². The number of nitrogens with one attached hydrogen (secondary N) is 2. The van der Waals surface area contributed by atoms with Crippen molar-refractivity contribution in [1.82, 2.24) is 10.6 Å². The predicted molar refractivity (Wildman–Crippen MR) is 89.3 cm³/mol. The van der Waals surface area contributed by atoms with Gasteiger partial charge >= 0.3 is 6.03 Å². The van der Waals surface area contributed by atoms with Crippen LogP contribution < -0.4 is 15.4 Å². The molecule has 0 unspecified atom stereocenters. The lowest BCUT2D eigenvalue weighted by Crippen LogP contribution is -2.39. The van der Waals surface area contributed by atoms with E-state index in [-0.39, 0.29) is 12.3 Å². The molecule has 0 aliphatic carbocycles. The van der Waals surface area contributed by atoms with E-state index in [9.17, 15) is 18.7 Å². The first-order valence-corrected chi connectivity index (χ1v) is 7.72. The van der Waals surface area contributed by atoms with E-state index in [0.717, 1.165) is 0 Å². The Kier molecular flexibility index (Phi) is 6.30. The van der Waals surface area contributed by atoms with Gasteiger partial charge in [-0.15, -0.1) is 0 Å². The predicted octanol–water partition coefficient (Wildman–Crippen LogP) is 3.07. The Hall–Kier alpha value is -2.67. The first-order chi connectivity index (χ1) is 11.9. The van der Waals surface area contributed by atoms with E-state index in [1.165, 1.54) is 37.4 Å². The first kappa shape index (κ1) is 18.7. The van der Waals surface area contributed by atoms with Gasteiger partial charge in [-0.05, 0) is 42.3 Å². The minimum absolute atomic E-state index is 0.0843. The fraction of sp³-hybridized carbons (Fsp3) is 0.278. The summed E-state index contributed by atoms with van der Waals surface area (Å²) in [5, 5.41) is 15.1. The second-order valence-corrected chi connectivity index (χ2v) is 5.54. The normalized spacial score (nSPS) is 13.0. The van der Waals surface area contributed by atoms with Gasteiger partial charge in [-0.3, -0.25) is 0 Å². The molecule has 0 saturated carbocycles. The lowest BCUT2D eigenvalue weighted by atomic mass is 10.1. The number of hydrogen-bond acceptors (Lipinski definition) is 3. The molecule has 7 heteroatoms. The van der Waals surface area contributed by atoms with Crippen LogP contribution >= 0.6 is 0 Å². The molecule has 5 nitrogen and oxygen atoms in total. The Morgan fingerprint density at radius 1 is 1.20 bits per heavy atom. The number of carbonyl (C=O) groups excluding carboxylic acids is 1. The van der Waals surface area contributed by atoms with Crippen LogP contribution in [-0.4, -0.2) is 24.8 Å². The molecule has 2 aromatic rings. The number of urea groups is 1. The molecule has 0 spiro atoms. The van der Waals surface area contributed by atoms with Gasteiger partial charge in [0.2, 0.25) is 0 Å². The topological polar surface area (TPSA) is 70.6 Å². The van der Waals surface area contributed by atoms with Gasteiger partial charge < -0.3 is 20.5 Å². The van der Waals surface area contributed by atoms with Crippen molar-refractivity contribution in [2.24, 2.45) is 0 Å². The van der Waals surface area contributed by atoms with Gasteiger partial charge in [0.25, 0.3) is 0 Å². The minimum atomic E-state index is -1.03. The molecule has 3 N–H and O–H groups in total. The van der Waals surface area contributed by atoms with Crippen LogP contribution in [0, 0.1) is 11.6 Å². The summed E-state index contributed by atoms with van der Waals surface area (Å²) in [5.41, 5.74) is 0.935. The minimum Gasteiger partial charge on any atom is -0.494 e. The highest BCUT2D eigenvalue weighted by molar-refractivity contribution is 5.74. The fourth-order valence-electron chi connectivity index (χ4n) is 2.30. The van der Waals surface area contributed by atoms with Crippen LogP contribution in [0.25, 0.3) is 0 Å². The van der Waals surface area contributed by atoms with Crippen molar-refractivity contribution in [2.45, 2.75) is 19.1 Å². The van der Waals surface area contributed by atoms with Crippen LogP contribution in [0.5, 0.6) is 5.75 Å². The number of carbonyl (C=O) groups is 1. The smallest absolute Gasteiger partial charge is 0.315 e. The molecule has 0 bridgehead atoms. The Labute approximate surface area is 144 Å². The Morgan fingerprint density at radius 3 is 2.60 bits per heavy atom. The molecule has 0 aliphatic rings. The third-order valence-corrected chi connectivity index (χ3v) is 3.71. The highest BCUT2D eigenvalue weighted by atomic mass is 19.1. The first-order valence-electron chi connectivity index (χ1n) is 7.72. The standard InChI is InChI=1S/C18H20F2N2O3/c1-11(12-6-7-17(25-2)15(20)9-12)22-18(24)21-10-16(23)13-4-3-5-14(19)8-13/h3-9,11,16,23H,10H2,1-2H3,(H2,21,22,24)/t11-,16-/m1/s1. The van der Waals surface area contributed by atoms with Crippen LogP contribution in [0.15, 0.2) is 42.5 Å². The van der Waals surface area contributed by atoms with Gasteiger partial charge in [-0.2, -0.15) is 0 Å². The largest absolute Gasteiger partial charge is 0.494 e. The van der Waals surface area contributed by atoms with Crippen molar-refractivity contribution >= 4 is 6.03 Å². The highest BCUT2D eigenvalue weighted by Gasteiger charge is 2.14. The summed E-state index contributed by atoms with van der Waals surface area (Å²) in [6.45, 7) is 1.61. The zero-order chi connectivity index (χ0) is 18.4. The van der Waals surface area contributed by atoms with Crippen LogP contribution in [0.1, 0.15) is 30.2 Å². The van der Waals surface area contributed by atoms with Crippen LogP contribution in [0.4, 0.5) is 13.6 Å². The van der Waals surface area contributed by atoms with Gasteiger partial charge in [-0.25, -0.2) is 13.6 Å². The van der Waals surface area contributed by atoms with Crippen molar-refractivity contribution in [3.05, 3.63) is 65.2 Å². The second-order valence-electron chi connectivity index (χ2n) is 5.54. The van der Waals surface area contributed by atoms with E-state index in [1.54, 1.807) is 19.1 Å². The zero-order valence-corrected chi connectivity index (χ0v) is 13.9. The molecule has 134 valence electrons. The van der Waals surface area contributed by atoms with Crippen molar-refractivity contribution in [3.63, 3.8) is 0 Å². The molecule has 0 radical (unpaired) electrons. The Bertz CT molecular complexity index is 740. The number of rotatable bonds is 6. The van der Waals surface area contributed by atoms with Crippen LogP contribution in [-0.2, 0) is 0 Å². The number of hydrogen-bond donors (Lipinski definition) is 3. The maximum absolute atomic E-state index is 13.7. The number of methoxy groups -OCH3 is 1. The summed E-state index contributed by atoms with van der Waals surface area (Å²) in [5.74, 6) is -0.856. The van der Waals surface area contributed by atoms with Crippen molar-refractivity contribution in [3.8, 4) is 5.75 Å². The van der Waals surface area contributed by atoms with E-state index < -0.39 is 29.8 Å². The molecule has 0 heterocycles. The van der Waals surface area contributed by atoms with Gasteiger partial charge in [0.05, 0.1) is 19.3 Å². The molecule has 2 aromatic carbocycles. The summed E-state index contributed by atoms with van der Waals surface area (Å²) in [6, 6.07) is 8.95. The quantitative estimate of drug-likeness (QED) is 0.750. The second kappa shape index (κ2) is 8.43. The summed E-state index contributed by atoms with van der Waals surface area (Å²) in [6.07, 6.45) is -1.03. The SMILES string of the molecule is COc1ccc([C@@H](C)NC(=O)NC[C@@H](O)c2cccc(F)c2)cc1F. The van der Waals surface area contributed by atoms with E-state index in [0.29, 0.717) is 11.1 Å². The zero-order valence-electron chi connectivity index (χ0n) is 13.9. The molecule has 0 fully saturated rings.